The standard InChI is InChI=1S/C21H19ClN2O6/c1-3-28-15-9-10-16-18(11-15)24(27)19(21(26)29-4-2)17(23-16)12-30-20(25)13-5-7-14(22)8-6-13/h5-11H,3-4,12H2,1-2H3. The van der Waals surface area contributed by atoms with E-state index < -0.39 is 11.9 Å². The van der Waals surface area contributed by atoms with Gasteiger partial charge in [0, 0.05) is 5.02 Å². The van der Waals surface area contributed by atoms with Gasteiger partial charge in [-0.3, -0.25) is 0 Å². The van der Waals surface area contributed by atoms with Crippen molar-refractivity contribution in [2.24, 2.45) is 0 Å². The van der Waals surface area contributed by atoms with E-state index in [9.17, 15) is 14.8 Å². The molecule has 0 radical (unpaired) electrons. The molecule has 3 aromatic rings. The Hall–Kier alpha value is -3.39. The zero-order valence-electron chi connectivity index (χ0n) is 16.4. The summed E-state index contributed by atoms with van der Waals surface area (Å²) in [5.41, 5.74) is 0.370. The molecular weight excluding hydrogens is 412 g/mol. The number of carbonyl (C=O) groups excluding carboxylic acids is 2. The summed E-state index contributed by atoms with van der Waals surface area (Å²) in [6.45, 7) is 3.53. The minimum Gasteiger partial charge on any atom is -0.618 e. The number of esters is 2. The molecule has 0 unspecified atom stereocenters. The Morgan fingerprint density at radius 1 is 1.03 bits per heavy atom. The summed E-state index contributed by atoms with van der Waals surface area (Å²) in [7, 11) is 0. The normalized spacial score (nSPS) is 10.6. The maximum atomic E-state index is 12.9. The molecule has 1 aromatic heterocycles. The van der Waals surface area contributed by atoms with E-state index in [4.69, 9.17) is 25.8 Å². The monoisotopic (exact) mass is 430 g/mol. The second-order valence-electron chi connectivity index (χ2n) is 6.09. The van der Waals surface area contributed by atoms with Crippen LogP contribution in [-0.4, -0.2) is 30.1 Å². The molecule has 30 heavy (non-hydrogen) atoms. The highest BCUT2D eigenvalue weighted by atomic mass is 35.5. The van der Waals surface area contributed by atoms with Crippen molar-refractivity contribution in [2.75, 3.05) is 13.2 Å². The quantitative estimate of drug-likeness (QED) is 0.321. The fraction of sp³-hybridized carbons (Fsp3) is 0.238. The molecule has 3 rings (SSSR count). The van der Waals surface area contributed by atoms with Crippen molar-refractivity contribution in [3.05, 3.63) is 69.6 Å². The van der Waals surface area contributed by atoms with Crippen molar-refractivity contribution in [2.45, 2.75) is 20.5 Å². The van der Waals surface area contributed by atoms with Gasteiger partial charge in [0.05, 0.1) is 24.8 Å². The van der Waals surface area contributed by atoms with Gasteiger partial charge in [-0.05, 0) is 50.2 Å². The molecule has 0 saturated heterocycles. The highest BCUT2D eigenvalue weighted by Crippen LogP contribution is 2.20. The average molecular weight is 431 g/mol. The molecule has 0 amide bonds. The lowest BCUT2D eigenvalue weighted by Gasteiger charge is -2.12. The first-order valence-electron chi connectivity index (χ1n) is 9.23. The van der Waals surface area contributed by atoms with E-state index in [-0.39, 0.29) is 35.7 Å². The van der Waals surface area contributed by atoms with Crippen LogP contribution in [-0.2, 0) is 16.1 Å². The predicted molar refractivity (Wildman–Crippen MR) is 108 cm³/mol. The van der Waals surface area contributed by atoms with Crippen LogP contribution >= 0.6 is 11.6 Å². The molecular formula is C21H19ClN2O6. The van der Waals surface area contributed by atoms with E-state index in [2.05, 4.69) is 4.98 Å². The van der Waals surface area contributed by atoms with Gasteiger partial charge in [0.2, 0.25) is 5.52 Å². The molecule has 1 heterocycles. The number of aromatic nitrogens is 2. The molecule has 156 valence electrons. The van der Waals surface area contributed by atoms with Gasteiger partial charge in [0.25, 0.3) is 0 Å². The number of fused-ring (bicyclic) bond motifs is 1. The largest absolute Gasteiger partial charge is 0.618 e. The summed E-state index contributed by atoms with van der Waals surface area (Å²) in [6, 6.07) is 10.9. The molecule has 0 N–H and O–H groups in total. The fourth-order valence-electron chi connectivity index (χ4n) is 2.76. The number of halogens is 1. The van der Waals surface area contributed by atoms with Gasteiger partial charge in [0.15, 0.2) is 5.69 Å². The van der Waals surface area contributed by atoms with E-state index in [1.54, 1.807) is 31.2 Å². The highest BCUT2D eigenvalue weighted by Gasteiger charge is 2.28. The van der Waals surface area contributed by atoms with Gasteiger partial charge in [-0.1, -0.05) is 11.6 Å². The fourth-order valence-corrected chi connectivity index (χ4v) is 2.88. The third-order valence-corrected chi connectivity index (χ3v) is 4.35. The van der Waals surface area contributed by atoms with E-state index in [1.165, 1.54) is 18.2 Å². The molecule has 0 atom stereocenters. The lowest BCUT2D eigenvalue weighted by Crippen LogP contribution is -2.39. The second-order valence-corrected chi connectivity index (χ2v) is 6.52. The SMILES string of the molecule is CCOC(=O)c1c(COC(=O)c2ccc(Cl)cc2)nc2ccc(OCC)cc2[n+]1[O-]. The summed E-state index contributed by atoms with van der Waals surface area (Å²) in [5, 5.41) is 13.4. The highest BCUT2D eigenvalue weighted by molar-refractivity contribution is 6.30. The maximum absolute atomic E-state index is 12.9. The van der Waals surface area contributed by atoms with Gasteiger partial charge in [-0.25, -0.2) is 14.6 Å². The molecule has 0 spiro atoms. The molecule has 9 heteroatoms. The third-order valence-electron chi connectivity index (χ3n) is 4.10. The number of nitrogens with zero attached hydrogens (tertiary/aromatic N) is 2. The minimum absolute atomic E-state index is 0.0116. The number of benzene rings is 2. The van der Waals surface area contributed by atoms with Crippen LogP contribution in [0.15, 0.2) is 42.5 Å². The molecule has 0 saturated carbocycles. The summed E-state index contributed by atoms with van der Waals surface area (Å²) in [5.74, 6) is -1.04. The van der Waals surface area contributed by atoms with Gasteiger partial charge < -0.3 is 19.4 Å². The summed E-state index contributed by atoms with van der Waals surface area (Å²) in [4.78, 5) is 29.1. The first-order valence-corrected chi connectivity index (χ1v) is 9.61. The maximum Gasteiger partial charge on any atom is 0.407 e. The van der Waals surface area contributed by atoms with E-state index in [1.807, 2.05) is 6.92 Å². The van der Waals surface area contributed by atoms with Crippen molar-refractivity contribution in [1.29, 1.82) is 0 Å². The van der Waals surface area contributed by atoms with Crippen LogP contribution in [0.5, 0.6) is 5.75 Å². The summed E-state index contributed by atoms with van der Waals surface area (Å²) < 4.78 is 16.1. The van der Waals surface area contributed by atoms with Gasteiger partial charge >= 0.3 is 17.6 Å². The zero-order chi connectivity index (χ0) is 21.7. The van der Waals surface area contributed by atoms with E-state index in [0.29, 0.717) is 27.6 Å². The molecule has 0 bridgehead atoms. The Bertz CT molecular complexity index is 1090. The summed E-state index contributed by atoms with van der Waals surface area (Å²) in [6.07, 6.45) is 0. The van der Waals surface area contributed by atoms with Crippen molar-refractivity contribution in [3.63, 3.8) is 0 Å². The first-order chi connectivity index (χ1) is 14.4. The first kappa shape index (κ1) is 21.3. The molecule has 0 aliphatic carbocycles. The van der Waals surface area contributed by atoms with Crippen molar-refractivity contribution < 1.29 is 28.5 Å². The Morgan fingerprint density at radius 3 is 2.43 bits per heavy atom. The van der Waals surface area contributed by atoms with Crippen LogP contribution in [0.3, 0.4) is 0 Å². The molecule has 8 nitrogen and oxygen atoms in total. The van der Waals surface area contributed by atoms with Gasteiger partial charge in [0.1, 0.15) is 17.9 Å². The molecule has 2 aromatic carbocycles. The van der Waals surface area contributed by atoms with Crippen LogP contribution in [0.4, 0.5) is 0 Å². The Morgan fingerprint density at radius 2 is 1.77 bits per heavy atom. The van der Waals surface area contributed by atoms with Crippen molar-refractivity contribution >= 4 is 34.6 Å². The average Bonchev–Trinajstić information content (AvgIpc) is 2.73. The number of ether oxygens (including phenoxy) is 3. The van der Waals surface area contributed by atoms with Crippen molar-refractivity contribution in [3.8, 4) is 5.75 Å². The lowest BCUT2D eigenvalue weighted by atomic mass is 10.2. The lowest BCUT2D eigenvalue weighted by molar-refractivity contribution is -0.581. The van der Waals surface area contributed by atoms with E-state index in [0.717, 1.165) is 0 Å². The number of carbonyl (C=O) groups is 2. The van der Waals surface area contributed by atoms with Crippen LogP contribution < -0.4 is 9.47 Å². The number of hydrogen-bond donors (Lipinski definition) is 0. The predicted octanol–water partition coefficient (Wildman–Crippen LogP) is 3.45. The van der Waals surface area contributed by atoms with Gasteiger partial charge in [-0.15, -0.1) is 0 Å². The topological polar surface area (TPSA) is 102 Å². The zero-order valence-corrected chi connectivity index (χ0v) is 17.1. The smallest absolute Gasteiger partial charge is 0.407 e. The third kappa shape index (κ3) is 4.60. The van der Waals surface area contributed by atoms with Crippen LogP contribution in [0.2, 0.25) is 5.02 Å². The van der Waals surface area contributed by atoms with Crippen LogP contribution in [0, 0.1) is 5.21 Å². The second kappa shape index (κ2) is 9.41. The Labute approximate surface area is 177 Å². The number of rotatable bonds is 7. The molecule has 0 aliphatic heterocycles. The van der Waals surface area contributed by atoms with E-state index >= 15 is 0 Å². The summed E-state index contributed by atoms with van der Waals surface area (Å²) >= 11 is 5.82. The minimum atomic E-state index is -0.860. The molecule has 0 fully saturated rings. The van der Waals surface area contributed by atoms with Crippen LogP contribution in [0.1, 0.15) is 40.4 Å². The number of hydrogen-bond acceptors (Lipinski definition) is 7. The Balaban J connectivity index is 1.97. The Kier molecular flexibility index (Phi) is 6.68. The van der Waals surface area contributed by atoms with Gasteiger partial charge in [-0.2, -0.15) is 4.73 Å². The van der Waals surface area contributed by atoms with Crippen LogP contribution in [0.25, 0.3) is 11.0 Å². The van der Waals surface area contributed by atoms with Crippen molar-refractivity contribution in [1.82, 2.24) is 4.98 Å². The molecule has 0 aliphatic rings.